The van der Waals surface area contributed by atoms with E-state index in [2.05, 4.69) is 5.16 Å². The molecule has 108 valence electrons. The van der Waals surface area contributed by atoms with E-state index in [0.29, 0.717) is 5.92 Å². The largest absolute Gasteiger partial charge is 0.480 e. The molecule has 0 aromatic carbocycles. The topological polar surface area (TPSA) is 83.6 Å². The predicted molar refractivity (Wildman–Crippen MR) is 69.4 cm³/mol. The summed E-state index contributed by atoms with van der Waals surface area (Å²) >= 11 is 0. The molecule has 2 saturated carbocycles. The quantitative estimate of drug-likeness (QED) is 0.890. The van der Waals surface area contributed by atoms with Gasteiger partial charge in [-0.2, -0.15) is 0 Å². The van der Waals surface area contributed by atoms with Crippen molar-refractivity contribution in [3.8, 4) is 0 Å². The van der Waals surface area contributed by atoms with Crippen molar-refractivity contribution in [3.05, 3.63) is 17.5 Å². The molecule has 1 heterocycles. The van der Waals surface area contributed by atoms with Gasteiger partial charge in [-0.25, -0.2) is 0 Å². The van der Waals surface area contributed by atoms with E-state index in [1.807, 2.05) is 0 Å². The van der Waals surface area contributed by atoms with Gasteiger partial charge in [0, 0.05) is 18.0 Å². The standard InChI is InChI=1S/C14H18N2O4/c17-13(18)8-16(10-3-1-2-4-10)14(19)11-7-12(20-15-11)9-5-6-9/h7,9-10H,1-6,8H2,(H,17,18). The first-order chi connectivity index (χ1) is 9.65. The van der Waals surface area contributed by atoms with E-state index in [1.165, 1.54) is 4.90 Å². The van der Waals surface area contributed by atoms with Crippen LogP contribution in [0.2, 0.25) is 0 Å². The van der Waals surface area contributed by atoms with Crippen LogP contribution in [0.5, 0.6) is 0 Å². The fourth-order valence-electron chi connectivity index (χ4n) is 2.83. The molecule has 0 bridgehead atoms. The van der Waals surface area contributed by atoms with E-state index in [1.54, 1.807) is 6.07 Å². The monoisotopic (exact) mass is 278 g/mol. The van der Waals surface area contributed by atoms with E-state index in [-0.39, 0.29) is 24.2 Å². The molecule has 0 atom stereocenters. The van der Waals surface area contributed by atoms with Crippen LogP contribution in [0.1, 0.15) is 60.7 Å². The molecule has 0 spiro atoms. The Labute approximate surface area is 116 Å². The highest BCUT2D eigenvalue weighted by molar-refractivity contribution is 5.94. The van der Waals surface area contributed by atoms with Crippen LogP contribution in [0, 0.1) is 0 Å². The van der Waals surface area contributed by atoms with Gasteiger partial charge in [0.15, 0.2) is 5.69 Å². The summed E-state index contributed by atoms with van der Waals surface area (Å²) in [5.41, 5.74) is 0.236. The molecule has 6 heteroatoms. The molecular weight excluding hydrogens is 260 g/mol. The number of carbonyl (C=O) groups is 2. The Morgan fingerprint density at radius 2 is 2.00 bits per heavy atom. The number of carboxylic acid groups (broad SMARTS) is 1. The highest BCUT2D eigenvalue weighted by atomic mass is 16.5. The van der Waals surface area contributed by atoms with Crippen molar-refractivity contribution >= 4 is 11.9 Å². The molecule has 1 aromatic rings. The number of amides is 1. The van der Waals surface area contributed by atoms with Crippen molar-refractivity contribution in [2.75, 3.05) is 6.54 Å². The SMILES string of the molecule is O=C(O)CN(C(=O)c1cc(C2CC2)on1)C1CCCC1. The normalized spacial score (nSPS) is 19.2. The van der Waals surface area contributed by atoms with Crippen molar-refractivity contribution in [1.29, 1.82) is 0 Å². The van der Waals surface area contributed by atoms with Crippen LogP contribution < -0.4 is 0 Å². The molecule has 2 aliphatic carbocycles. The fourth-order valence-corrected chi connectivity index (χ4v) is 2.83. The third-order valence-electron chi connectivity index (χ3n) is 4.06. The molecule has 2 aliphatic rings. The van der Waals surface area contributed by atoms with Gasteiger partial charge in [0.2, 0.25) is 0 Å². The number of carboxylic acids is 1. The smallest absolute Gasteiger partial charge is 0.323 e. The third-order valence-corrected chi connectivity index (χ3v) is 4.06. The maximum Gasteiger partial charge on any atom is 0.323 e. The molecule has 1 amide bonds. The van der Waals surface area contributed by atoms with Gasteiger partial charge in [0.25, 0.3) is 5.91 Å². The van der Waals surface area contributed by atoms with Crippen LogP contribution in [0.4, 0.5) is 0 Å². The lowest BCUT2D eigenvalue weighted by Gasteiger charge is -2.26. The van der Waals surface area contributed by atoms with Gasteiger partial charge >= 0.3 is 5.97 Å². The van der Waals surface area contributed by atoms with Crippen LogP contribution in [-0.4, -0.2) is 39.6 Å². The van der Waals surface area contributed by atoms with E-state index in [0.717, 1.165) is 44.3 Å². The predicted octanol–water partition coefficient (Wildman–Crippen LogP) is 2.02. The zero-order valence-electron chi connectivity index (χ0n) is 11.2. The van der Waals surface area contributed by atoms with E-state index < -0.39 is 5.97 Å². The second-order valence-electron chi connectivity index (χ2n) is 5.65. The number of nitrogens with zero attached hydrogens (tertiary/aromatic N) is 2. The van der Waals surface area contributed by atoms with Crippen molar-refractivity contribution < 1.29 is 19.2 Å². The zero-order valence-corrected chi connectivity index (χ0v) is 11.2. The molecule has 0 saturated heterocycles. The molecule has 2 fully saturated rings. The van der Waals surface area contributed by atoms with Gasteiger partial charge in [-0.1, -0.05) is 18.0 Å². The minimum absolute atomic E-state index is 0.0136. The Balaban J connectivity index is 1.76. The van der Waals surface area contributed by atoms with Crippen LogP contribution in [0.25, 0.3) is 0 Å². The average Bonchev–Trinajstić information content (AvgIpc) is 2.95. The van der Waals surface area contributed by atoms with Crippen molar-refractivity contribution in [1.82, 2.24) is 10.1 Å². The van der Waals surface area contributed by atoms with Crippen molar-refractivity contribution in [3.63, 3.8) is 0 Å². The van der Waals surface area contributed by atoms with Gasteiger partial charge in [0.05, 0.1) is 0 Å². The maximum absolute atomic E-state index is 12.5. The Morgan fingerprint density at radius 1 is 1.30 bits per heavy atom. The molecular formula is C14H18N2O4. The zero-order chi connectivity index (χ0) is 14.1. The van der Waals surface area contributed by atoms with Gasteiger partial charge in [-0.3, -0.25) is 9.59 Å². The van der Waals surface area contributed by atoms with Gasteiger partial charge in [-0.05, 0) is 25.7 Å². The second-order valence-corrected chi connectivity index (χ2v) is 5.65. The van der Waals surface area contributed by atoms with E-state index >= 15 is 0 Å². The second kappa shape index (κ2) is 5.26. The van der Waals surface area contributed by atoms with E-state index in [4.69, 9.17) is 9.63 Å². The molecule has 20 heavy (non-hydrogen) atoms. The highest BCUT2D eigenvalue weighted by Gasteiger charge is 2.33. The van der Waals surface area contributed by atoms with Crippen molar-refractivity contribution in [2.24, 2.45) is 0 Å². The fraction of sp³-hybridized carbons (Fsp3) is 0.643. The lowest BCUT2D eigenvalue weighted by molar-refractivity contribution is -0.138. The Hall–Kier alpha value is -1.85. The first-order valence-corrected chi connectivity index (χ1v) is 7.14. The average molecular weight is 278 g/mol. The molecule has 1 N–H and O–H groups in total. The Kier molecular flexibility index (Phi) is 3.46. The van der Waals surface area contributed by atoms with Crippen LogP contribution in [0.15, 0.2) is 10.6 Å². The minimum Gasteiger partial charge on any atom is -0.480 e. The number of carbonyl (C=O) groups excluding carboxylic acids is 1. The molecule has 6 nitrogen and oxygen atoms in total. The Bertz CT molecular complexity index is 515. The summed E-state index contributed by atoms with van der Waals surface area (Å²) in [6.45, 7) is -0.269. The lowest BCUT2D eigenvalue weighted by atomic mass is 10.2. The summed E-state index contributed by atoms with van der Waals surface area (Å²) in [6.07, 6.45) is 5.97. The van der Waals surface area contributed by atoms with E-state index in [9.17, 15) is 9.59 Å². The summed E-state index contributed by atoms with van der Waals surface area (Å²) in [5.74, 6) is -0.176. The molecule has 0 radical (unpaired) electrons. The molecule has 0 aliphatic heterocycles. The number of aliphatic carboxylic acids is 1. The summed E-state index contributed by atoms with van der Waals surface area (Å²) < 4.78 is 5.18. The first kappa shape index (κ1) is 13.1. The first-order valence-electron chi connectivity index (χ1n) is 7.14. The molecule has 0 unspecified atom stereocenters. The van der Waals surface area contributed by atoms with Gasteiger partial charge < -0.3 is 14.5 Å². The van der Waals surface area contributed by atoms with Crippen LogP contribution >= 0.6 is 0 Å². The Morgan fingerprint density at radius 3 is 2.60 bits per heavy atom. The summed E-state index contributed by atoms with van der Waals surface area (Å²) in [4.78, 5) is 24.9. The van der Waals surface area contributed by atoms with Gasteiger partial charge in [-0.15, -0.1) is 0 Å². The number of hydrogen-bond donors (Lipinski definition) is 1. The summed E-state index contributed by atoms with van der Waals surface area (Å²) in [6, 6.07) is 1.68. The molecule has 1 aromatic heterocycles. The lowest BCUT2D eigenvalue weighted by Crippen LogP contribution is -2.42. The van der Waals surface area contributed by atoms with Crippen molar-refractivity contribution in [2.45, 2.75) is 50.5 Å². The third kappa shape index (κ3) is 2.69. The highest BCUT2D eigenvalue weighted by Crippen LogP contribution is 2.40. The minimum atomic E-state index is -0.990. The van der Waals surface area contributed by atoms with Crippen LogP contribution in [0.3, 0.4) is 0 Å². The number of rotatable bonds is 5. The number of hydrogen-bond acceptors (Lipinski definition) is 4. The number of aromatic nitrogens is 1. The maximum atomic E-state index is 12.5. The molecule has 3 rings (SSSR count). The summed E-state index contributed by atoms with van der Waals surface area (Å²) in [5, 5.41) is 12.8. The summed E-state index contributed by atoms with van der Waals surface area (Å²) in [7, 11) is 0. The van der Waals surface area contributed by atoms with Gasteiger partial charge in [0.1, 0.15) is 12.3 Å². The van der Waals surface area contributed by atoms with Crippen LogP contribution in [-0.2, 0) is 4.79 Å².